The number of nitrogens with two attached hydrogens (primary N) is 2. The van der Waals surface area contributed by atoms with Crippen LogP contribution in [0.2, 0.25) is 0 Å². The molecule has 1 atom stereocenters. The first-order valence-electron chi connectivity index (χ1n) is 12.0. The van der Waals surface area contributed by atoms with Gasteiger partial charge < -0.3 is 16.4 Å². The second-order valence-corrected chi connectivity index (χ2v) is 9.43. The molecule has 3 aromatic rings. The van der Waals surface area contributed by atoms with Gasteiger partial charge in [0.2, 0.25) is 0 Å². The Morgan fingerprint density at radius 1 is 1.26 bits per heavy atom. The summed E-state index contributed by atoms with van der Waals surface area (Å²) in [7, 11) is 0. The van der Waals surface area contributed by atoms with Gasteiger partial charge in [0, 0.05) is 54.8 Å². The molecule has 4 rings (SSSR count). The molecule has 0 saturated carbocycles. The van der Waals surface area contributed by atoms with Crippen LogP contribution in [0, 0.1) is 11.7 Å². The first-order chi connectivity index (χ1) is 16.8. The van der Waals surface area contributed by atoms with Gasteiger partial charge in [-0.1, -0.05) is 32.1 Å². The summed E-state index contributed by atoms with van der Waals surface area (Å²) in [5, 5.41) is 0. The Balaban J connectivity index is 1.62. The Hall–Kier alpha value is -3.58. The Kier molecular flexibility index (Phi) is 7.56. The summed E-state index contributed by atoms with van der Waals surface area (Å²) in [6.45, 7) is 5.78. The number of Topliss-reactive ketones (excluding diaryl/α,β-unsaturated/α-hetero) is 1. The molecule has 0 unspecified atom stereocenters. The molecule has 0 spiro atoms. The third-order valence-electron chi connectivity index (χ3n) is 6.16. The lowest BCUT2D eigenvalue weighted by atomic mass is 10.0. The number of nitrogens with zero attached hydrogens (tertiary/aromatic N) is 3. The molecule has 1 aliphatic heterocycles. The maximum absolute atomic E-state index is 14.7. The van der Waals surface area contributed by atoms with Crippen LogP contribution in [-0.4, -0.2) is 34.9 Å². The first-order valence-corrected chi connectivity index (χ1v) is 12.0. The largest absolute Gasteiger partial charge is 0.397 e. The van der Waals surface area contributed by atoms with Gasteiger partial charge in [-0.3, -0.25) is 9.78 Å². The molecule has 35 heavy (non-hydrogen) atoms. The zero-order valence-corrected chi connectivity index (χ0v) is 20.2. The number of benzene rings is 1. The molecule has 0 amide bonds. The summed E-state index contributed by atoms with van der Waals surface area (Å²) in [5.74, 6) is -0.269. The van der Waals surface area contributed by atoms with Crippen molar-refractivity contribution >= 4 is 23.2 Å². The van der Waals surface area contributed by atoms with Gasteiger partial charge in [0.1, 0.15) is 11.5 Å². The van der Waals surface area contributed by atoms with Crippen LogP contribution in [0.4, 0.5) is 15.8 Å². The summed E-state index contributed by atoms with van der Waals surface area (Å²) >= 11 is 0. The van der Waals surface area contributed by atoms with Crippen LogP contribution in [0.3, 0.4) is 0 Å². The van der Waals surface area contributed by atoms with Crippen LogP contribution >= 0.6 is 0 Å². The molecule has 0 bridgehead atoms. The number of pyridine rings is 2. The number of carbonyl (C=O) groups is 1. The van der Waals surface area contributed by atoms with E-state index in [1.165, 1.54) is 6.07 Å². The fraction of sp³-hybridized carbons (Fsp3) is 0.321. The molecule has 7 heteroatoms. The second-order valence-electron chi connectivity index (χ2n) is 9.43. The number of anilines is 2. The van der Waals surface area contributed by atoms with Crippen molar-refractivity contribution < 1.29 is 9.18 Å². The number of ketones is 1. The fourth-order valence-corrected chi connectivity index (χ4v) is 4.34. The van der Waals surface area contributed by atoms with Crippen molar-refractivity contribution in [1.82, 2.24) is 9.97 Å². The molecule has 1 saturated heterocycles. The van der Waals surface area contributed by atoms with Crippen LogP contribution in [-0.2, 0) is 6.42 Å². The fourth-order valence-electron chi connectivity index (χ4n) is 4.34. The number of allylic oxidation sites excluding steroid dienone is 1. The van der Waals surface area contributed by atoms with Crippen LogP contribution in [0.15, 0.2) is 54.9 Å². The van der Waals surface area contributed by atoms with Gasteiger partial charge in [-0.15, -0.1) is 0 Å². The molecule has 182 valence electrons. The van der Waals surface area contributed by atoms with Gasteiger partial charge in [0.05, 0.1) is 11.4 Å². The van der Waals surface area contributed by atoms with E-state index in [9.17, 15) is 9.18 Å². The lowest BCUT2D eigenvalue weighted by Crippen LogP contribution is -2.43. The number of aromatic nitrogens is 2. The van der Waals surface area contributed by atoms with Gasteiger partial charge in [-0.2, -0.15) is 0 Å². The predicted octanol–water partition coefficient (Wildman–Crippen LogP) is 4.89. The Labute approximate surface area is 205 Å². The number of rotatable bonds is 7. The third-order valence-corrected chi connectivity index (χ3v) is 6.16. The van der Waals surface area contributed by atoms with E-state index < -0.39 is 5.82 Å². The van der Waals surface area contributed by atoms with Crippen molar-refractivity contribution in [1.29, 1.82) is 0 Å². The zero-order chi connectivity index (χ0) is 24.9. The van der Waals surface area contributed by atoms with Gasteiger partial charge in [-0.25, -0.2) is 9.37 Å². The molecule has 1 fully saturated rings. The summed E-state index contributed by atoms with van der Waals surface area (Å²) in [4.78, 5) is 24.3. The summed E-state index contributed by atoms with van der Waals surface area (Å²) < 4.78 is 14.7. The number of carbonyl (C=O) groups excluding carboxylic acids is 1. The maximum Gasteiger partial charge on any atom is 0.187 e. The van der Waals surface area contributed by atoms with E-state index in [0.717, 1.165) is 42.7 Å². The lowest BCUT2D eigenvalue weighted by Gasteiger charge is -2.33. The minimum atomic E-state index is -0.404. The minimum Gasteiger partial charge on any atom is -0.397 e. The number of nitrogen functional groups attached to an aromatic ring is 1. The quantitative estimate of drug-likeness (QED) is 0.474. The minimum absolute atomic E-state index is 0.0925. The smallest absolute Gasteiger partial charge is 0.187 e. The van der Waals surface area contributed by atoms with E-state index in [-0.39, 0.29) is 29.6 Å². The van der Waals surface area contributed by atoms with E-state index in [2.05, 4.69) is 28.7 Å². The molecule has 6 nitrogen and oxygen atoms in total. The summed E-state index contributed by atoms with van der Waals surface area (Å²) in [5.41, 5.74) is 16.0. The van der Waals surface area contributed by atoms with Crippen LogP contribution < -0.4 is 16.4 Å². The van der Waals surface area contributed by atoms with Crippen LogP contribution in [0.1, 0.15) is 48.3 Å². The van der Waals surface area contributed by atoms with Crippen molar-refractivity contribution in [2.75, 3.05) is 23.7 Å². The summed E-state index contributed by atoms with van der Waals surface area (Å²) in [6.07, 6.45) is 9.52. The molecule has 1 aromatic carbocycles. The topological polar surface area (TPSA) is 98.1 Å². The van der Waals surface area contributed by atoms with Crippen molar-refractivity contribution in [2.45, 2.75) is 39.2 Å². The number of piperidine rings is 1. The Morgan fingerprint density at radius 3 is 2.86 bits per heavy atom. The highest BCUT2D eigenvalue weighted by atomic mass is 19.1. The Bertz CT molecular complexity index is 1240. The van der Waals surface area contributed by atoms with Gasteiger partial charge in [-0.05, 0) is 54.7 Å². The number of halogens is 1. The predicted molar refractivity (Wildman–Crippen MR) is 140 cm³/mol. The zero-order valence-electron chi connectivity index (χ0n) is 20.2. The van der Waals surface area contributed by atoms with Crippen molar-refractivity contribution in [3.8, 4) is 11.3 Å². The molecule has 4 N–H and O–H groups in total. The van der Waals surface area contributed by atoms with Gasteiger partial charge >= 0.3 is 0 Å². The number of hydrogen-bond acceptors (Lipinski definition) is 6. The van der Waals surface area contributed by atoms with Crippen molar-refractivity contribution in [3.05, 3.63) is 77.5 Å². The molecule has 2 aromatic heterocycles. The third kappa shape index (κ3) is 5.92. The average molecular weight is 474 g/mol. The highest BCUT2D eigenvalue weighted by molar-refractivity contribution is 6.01. The van der Waals surface area contributed by atoms with Crippen LogP contribution in [0.5, 0.6) is 0 Å². The molecule has 0 aliphatic carbocycles. The average Bonchev–Trinajstić information content (AvgIpc) is 2.84. The lowest BCUT2D eigenvalue weighted by molar-refractivity contribution is 0.0989. The van der Waals surface area contributed by atoms with E-state index in [0.29, 0.717) is 17.2 Å². The standard InChI is InChI=1S/C28H32FN5O/c1-18(2)5-6-19-7-8-23(29)22(14-19)25-10-9-24(31)28(33-25)27(35)15-20-16-32-12-11-26(20)34-13-3-4-21(30)17-34/h5-12,14,16,18,21H,3-4,13,15,17,30-31H2,1-2H3/b6-5-/t21-/m0/s1. The highest BCUT2D eigenvalue weighted by Crippen LogP contribution is 2.28. The molecule has 0 radical (unpaired) electrons. The molecular formula is C28H32FN5O. The maximum atomic E-state index is 14.7. The van der Waals surface area contributed by atoms with Crippen molar-refractivity contribution in [3.63, 3.8) is 0 Å². The van der Waals surface area contributed by atoms with Gasteiger partial charge in [0.15, 0.2) is 5.78 Å². The van der Waals surface area contributed by atoms with E-state index in [1.54, 1.807) is 36.7 Å². The van der Waals surface area contributed by atoms with E-state index >= 15 is 0 Å². The molecule has 3 heterocycles. The van der Waals surface area contributed by atoms with E-state index in [4.69, 9.17) is 11.5 Å². The summed E-state index contributed by atoms with van der Waals surface area (Å²) in [6, 6.07) is 10.1. The van der Waals surface area contributed by atoms with E-state index in [1.807, 2.05) is 18.2 Å². The monoisotopic (exact) mass is 473 g/mol. The Morgan fingerprint density at radius 2 is 2.09 bits per heavy atom. The highest BCUT2D eigenvalue weighted by Gasteiger charge is 2.22. The molecule has 1 aliphatic rings. The molecular weight excluding hydrogens is 441 g/mol. The normalized spacial score (nSPS) is 16.3. The van der Waals surface area contributed by atoms with Crippen LogP contribution in [0.25, 0.3) is 17.3 Å². The number of hydrogen-bond donors (Lipinski definition) is 2. The van der Waals surface area contributed by atoms with Gasteiger partial charge in [0.25, 0.3) is 0 Å². The SMILES string of the molecule is CC(C)/C=C\c1ccc(F)c(-c2ccc(N)c(C(=O)Cc3cnccc3N3CCC[C@H](N)C3)n2)c1. The second kappa shape index (κ2) is 10.8. The van der Waals surface area contributed by atoms with Crippen molar-refractivity contribution in [2.24, 2.45) is 11.7 Å². The first kappa shape index (κ1) is 24.5.